The van der Waals surface area contributed by atoms with E-state index in [0.717, 1.165) is 25.7 Å². The van der Waals surface area contributed by atoms with Crippen LogP contribution in [-0.4, -0.2) is 34.5 Å². The summed E-state index contributed by atoms with van der Waals surface area (Å²) in [6, 6.07) is 0. The van der Waals surface area contributed by atoms with Gasteiger partial charge < -0.3 is 14.9 Å². The third-order valence-electron chi connectivity index (χ3n) is 5.01. The first-order valence-electron chi connectivity index (χ1n) is 9.50. The van der Waals surface area contributed by atoms with Crippen molar-refractivity contribution < 1.29 is 19.7 Å². The molecule has 2 aliphatic rings. The Morgan fingerprint density at radius 3 is 2.83 bits per heavy atom. The number of esters is 1. The molecular weight excluding hydrogens is 304 g/mol. The lowest BCUT2D eigenvalue weighted by Gasteiger charge is -2.22. The lowest BCUT2D eigenvalue weighted by atomic mass is 10.0. The smallest absolute Gasteiger partial charge is 0.306 e. The molecule has 1 aliphatic heterocycles. The van der Waals surface area contributed by atoms with Crippen LogP contribution in [0.15, 0.2) is 24.3 Å². The molecule has 0 aromatic heterocycles. The van der Waals surface area contributed by atoms with E-state index < -0.39 is 12.2 Å². The zero-order valence-electron chi connectivity index (χ0n) is 14.8. The number of ether oxygens (including phenoxy) is 1. The topological polar surface area (TPSA) is 66.8 Å². The summed E-state index contributed by atoms with van der Waals surface area (Å²) >= 11 is 0. The highest BCUT2D eigenvalue weighted by atomic mass is 16.5. The lowest BCUT2D eigenvalue weighted by Crippen LogP contribution is -2.27. The quantitative estimate of drug-likeness (QED) is 0.364. The van der Waals surface area contributed by atoms with Crippen LogP contribution in [0.1, 0.15) is 64.7 Å². The molecule has 0 radical (unpaired) electrons. The lowest BCUT2D eigenvalue weighted by molar-refractivity contribution is -0.155. The molecule has 4 nitrogen and oxygen atoms in total. The summed E-state index contributed by atoms with van der Waals surface area (Å²) in [7, 11) is 0. The monoisotopic (exact) mass is 336 g/mol. The molecule has 2 N–H and O–H groups in total. The molecule has 1 saturated heterocycles. The summed E-state index contributed by atoms with van der Waals surface area (Å²) in [5.41, 5.74) is 0. The van der Waals surface area contributed by atoms with Crippen molar-refractivity contribution in [2.24, 2.45) is 11.8 Å². The van der Waals surface area contributed by atoms with Gasteiger partial charge in [-0.25, -0.2) is 0 Å². The maximum absolute atomic E-state index is 11.3. The summed E-state index contributed by atoms with van der Waals surface area (Å²) in [5, 5.41) is 20.2. The summed E-state index contributed by atoms with van der Waals surface area (Å²) in [5.74, 6) is 0.335. The average molecular weight is 336 g/mol. The average Bonchev–Trinajstić information content (AvgIpc) is 3.36. The van der Waals surface area contributed by atoms with Crippen molar-refractivity contribution in [3.8, 4) is 0 Å². The Hall–Kier alpha value is -1.13. The Kier molecular flexibility index (Phi) is 8.00. The molecule has 136 valence electrons. The van der Waals surface area contributed by atoms with Gasteiger partial charge in [0, 0.05) is 12.3 Å². The molecular formula is C20H32O4. The zero-order valence-corrected chi connectivity index (χ0v) is 14.8. The minimum absolute atomic E-state index is 0.0183. The normalized spacial score (nSPS) is 29.8. The molecule has 5 atom stereocenters. The predicted octanol–water partition coefficient (Wildman–Crippen LogP) is 3.52. The molecule has 2 fully saturated rings. The van der Waals surface area contributed by atoms with Crippen molar-refractivity contribution in [1.29, 1.82) is 0 Å². The maximum atomic E-state index is 11.3. The van der Waals surface area contributed by atoms with E-state index in [9.17, 15) is 15.0 Å². The van der Waals surface area contributed by atoms with Gasteiger partial charge in [0.1, 0.15) is 6.10 Å². The molecule has 1 unspecified atom stereocenters. The van der Waals surface area contributed by atoms with Gasteiger partial charge in [0.25, 0.3) is 0 Å². The number of allylic oxidation sites excluding steroid dienone is 1. The van der Waals surface area contributed by atoms with Gasteiger partial charge in [0.15, 0.2) is 0 Å². The Labute approximate surface area is 145 Å². The van der Waals surface area contributed by atoms with Crippen molar-refractivity contribution in [3.05, 3.63) is 24.3 Å². The van der Waals surface area contributed by atoms with Crippen molar-refractivity contribution in [2.75, 3.05) is 0 Å². The zero-order chi connectivity index (χ0) is 17.4. The van der Waals surface area contributed by atoms with Crippen LogP contribution in [0.4, 0.5) is 0 Å². The van der Waals surface area contributed by atoms with E-state index >= 15 is 0 Å². The van der Waals surface area contributed by atoms with E-state index in [1.54, 1.807) is 12.2 Å². The van der Waals surface area contributed by atoms with E-state index in [1.807, 2.05) is 6.08 Å². The number of aliphatic hydroxyl groups excluding tert-OH is 2. The standard InChI is InChI=1S/C20H32O4/c1-2-3-4-5-6-7-9-15(21)12-13-18(22)16-14-17(16)19-10-8-11-20(23)24-19/h6-7,12-13,15-19,21-22H,2-5,8-11,14H2,1H3/b7-6-,13-12+/t15-,16-,17-,18-,19?/m0/s1. The van der Waals surface area contributed by atoms with Crippen molar-refractivity contribution in [2.45, 2.75) is 83.0 Å². The Morgan fingerprint density at radius 2 is 2.08 bits per heavy atom. The SMILES string of the molecule is CCCCC/C=C\C[C@H](O)/C=C/[C@H](O)[C@H]1C[C@@H]1C1CCCC(=O)O1. The Bertz CT molecular complexity index is 443. The number of unbranched alkanes of at least 4 members (excludes halogenated alkanes) is 3. The van der Waals surface area contributed by atoms with Crippen LogP contribution < -0.4 is 0 Å². The van der Waals surface area contributed by atoms with Crippen molar-refractivity contribution in [1.82, 2.24) is 0 Å². The molecule has 0 aromatic rings. The molecule has 0 spiro atoms. The maximum Gasteiger partial charge on any atom is 0.306 e. The van der Waals surface area contributed by atoms with Crippen LogP contribution in [0.3, 0.4) is 0 Å². The van der Waals surface area contributed by atoms with Crippen molar-refractivity contribution in [3.63, 3.8) is 0 Å². The van der Waals surface area contributed by atoms with Crippen molar-refractivity contribution >= 4 is 5.97 Å². The first-order chi connectivity index (χ1) is 11.6. The van der Waals surface area contributed by atoms with Gasteiger partial charge in [0.2, 0.25) is 0 Å². The summed E-state index contributed by atoms with van der Waals surface area (Å²) in [4.78, 5) is 11.3. The molecule has 1 heterocycles. The number of cyclic esters (lactones) is 1. The number of carbonyl (C=O) groups is 1. The van der Waals surface area contributed by atoms with Gasteiger partial charge in [-0.15, -0.1) is 0 Å². The predicted molar refractivity (Wildman–Crippen MR) is 94.4 cm³/mol. The number of aliphatic hydroxyl groups is 2. The van der Waals surface area contributed by atoms with Gasteiger partial charge in [0.05, 0.1) is 12.2 Å². The van der Waals surface area contributed by atoms with Gasteiger partial charge in [-0.05, 0) is 44.4 Å². The van der Waals surface area contributed by atoms with Gasteiger partial charge in [-0.1, -0.05) is 44.1 Å². The van der Waals surface area contributed by atoms with Crippen LogP contribution in [0.2, 0.25) is 0 Å². The fourth-order valence-electron chi connectivity index (χ4n) is 3.42. The second-order valence-electron chi connectivity index (χ2n) is 7.13. The number of rotatable bonds is 10. The van der Waals surface area contributed by atoms with Crippen LogP contribution in [0, 0.1) is 11.8 Å². The largest absolute Gasteiger partial charge is 0.462 e. The van der Waals surface area contributed by atoms with E-state index in [1.165, 1.54) is 19.3 Å². The van der Waals surface area contributed by atoms with E-state index in [2.05, 4.69) is 13.0 Å². The molecule has 0 bridgehead atoms. The third-order valence-corrected chi connectivity index (χ3v) is 5.01. The van der Waals surface area contributed by atoms with E-state index in [4.69, 9.17) is 4.74 Å². The van der Waals surface area contributed by atoms with Crippen LogP contribution >= 0.6 is 0 Å². The first kappa shape index (κ1) is 19.2. The Balaban J connectivity index is 1.64. The summed E-state index contributed by atoms with van der Waals surface area (Å²) < 4.78 is 5.38. The fourth-order valence-corrected chi connectivity index (χ4v) is 3.42. The molecule has 0 amide bonds. The number of carbonyl (C=O) groups excluding carboxylic acids is 1. The van der Waals surface area contributed by atoms with Gasteiger partial charge in [-0.2, -0.15) is 0 Å². The first-order valence-corrected chi connectivity index (χ1v) is 9.50. The van der Waals surface area contributed by atoms with E-state index in [0.29, 0.717) is 12.8 Å². The second-order valence-corrected chi connectivity index (χ2v) is 7.13. The van der Waals surface area contributed by atoms with Gasteiger partial charge >= 0.3 is 5.97 Å². The molecule has 24 heavy (non-hydrogen) atoms. The molecule has 1 saturated carbocycles. The highest BCUT2D eigenvalue weighted by molar-refractivity contribution is 5.70. The number of hydrogen-bond donors (Lipinski definition) is 2. The minimum Gasteiger partial charge on any atom is -0.462 e. The summed E-state index contributed by atoms with van der Waals surface area (Å²) in [6.45, 7) is 2.19. The highest BCUT2D eigenvalue weighted by Gasteiger charge is 2.48. The fraction of sp³-hybridized carbons (Fsp3) is 0.750. The molecule has 1 aliphatic carbocycles. The summed E-state index contributed by atoms with van der Waals surface area (Å²) in [6.07, 6.45) is 14.9. The van der Waals surface area contributed by atoms with Gasteiger partial charge in [-0.3, -0.25) is 4.79 Å². The molecule has 0 aromatic carbocycles. The highest BCUT2D eigenvalue weighted by Crippen LogP contribution is 2.47. The Morgan fingerprint density at radius 1 is 1.25 bits per heavy atom. The third kappa shape index (κ3) is 6.40. The van der Waals surface area contributed by atoms with Crippen LogP contribution in [0.5, 0.6) is 0 Å². The number of hydrogen-bond acceptors (Lipinski definition) is 4. The molecule has 4 heteroatoms. The minimum atomic E-state index is -0.557. The van der Waals surface area contributed by atoms with E-state index in [-0.39, 0.29) is 23.9 Å². The second kappa shape index (κ2) is 10.00. The molecule has 2 rings (SSSR count). The van der Waals surface area contributed by atoms with Crippen LogP contribution in [0.25, 0.3) is 0 Å². The van der Waals surface area contributed by atoms with Crippen LogP contribution in [-0.2, 0) is 9.53 Å².